The molecule has 0 aliphatic carbocycles. The molecule has 0 atom stereocenters. The minimum absolute atomic E-state index is 0.00770. The predicted octanol–water partition coefficient (Wildman–Crippen LogP) is 7.88. The van der Waals surface area contributed by atoms with E-state index in [2.05, 4.69) is 0 Å². The summed E-state index contributed by atoms with van der Waals surface area (Å²) >= 11 is 0.989. The van der Waals surface area contributed by atoms with Crippen LogP contribution in [0.25, 0.3) is 22.5 Å². The number of alkyl halides is 6. The quantitative estimate of drug-likeness (QED) is 0.126. The van der Waals surface area contributed by atoms with Gasteiger partial charge in [-0.05, 0) is 60.0 Å². The molecular formula is C27H15F6NO5S. The molecule has 0 aliphatic heterocycles. The van der Waals surface area contributed by atoms with Crippen LogP contribution in [0.3, 0.4) is 0 Å². The lowest BCUT2D eigenvalue weighted by molar-refractivity contribution is -0.140. The molecule has 0 aliphatic rings. The Balaban J connectivity index is 1.49. The fraction of sp³-hybridized carbons (Fsp3) is 0.148. The highest BCUT2D eigenvalue weighted by atomic mass is 32.1. The van der Waals surface area contributed by atoms with E-state index in [0.29, 0.717) is 6.07 Å². The van der Waals surface area contributed by atoms with Crippen LogP contribution in [-0.4, -0.2) is 11.9 Å². The number of furan rings is 1. The fourth-order valence-corrected chi connectivity index (χ4v) is 4.28. The van der Waals surface area contributed by atoms with Crippen molar-refractivity contribution < 1.29 is 49.8 Å². The van der Waals surface area contributed by atoms with Crippen molar-refractivity contribution in [2.45, 2.75) is 25.2 Å². The first-order chi connectivity index (χ1) is 18.9. The number of benzene rings is 2. The summed E-state index contributed by atoms with van der Waals surface area (Å²) in [5.74, 6) is -2.47. The molecule has 206 valence electrons. The minimum atomic E-state index is -4.70. The van der Waals surface area contributed by atoms with Gasteiger partial charge in [-0.3, -0.25) is 9.59 Å². The van der Waals surface area contributed by atoms with Crippen LogP contribution in [0.4, 0.5) is 26.3 Å². The number of nitriles is 1. The Bertz CT molecular complexity index is 1580. The summed E-state index contributed by atoms with van der Waals surface area (Å²) in [5.41, 5.74) is -2.18. The summed E-state index contributed by atoms with van der Waals surface area (Å²) in [6.45, 7) is 0. The van der Waals surface area contributed by atoms with Crippen LogP contribution in [0, 0.1) is 11.3 Å². The number of hydrogen-bond donors (Lipinski definition) is 0. The summed E-state index contributed by atoms with van der Waals surface area (Å²) in [5, 5.41) is 10.8. The molecule has 2 heterocycles. The largest absolute Gasteiger partial charge is 0.464 e. The summed E-state index contributed by atoms with van der Waals surface area (Å²) < 4.78 is 94.9. The van der Waals surface area contributed by atoms with Crippen LogP contribution in [0.1, 0.15) is 28.8 Å². The van der Waals surface area contributed by atoms with Crippen LogP contribution in [0.15, 0.2) is 70.7 Å². The summed E-state index contributed by atoms with van der Waals surface area (Å²) in [6.07, 6.45) is -9.26. The number of nitrogens with zero attached hydrogens (tertiary/aromatic N) is 1. The minimum Gasteiger partial charge on any atom is -0.464 e. The van der Waals surface area contributed by atoms with Crippen molar-refractivity contribution in [1.82, 2.24) is 0 Å². The highest BCUT2D eigenvalue weighted by molar-refractivity contribution is 7.11. The number of hydrogen-bond acceptors (Lipinski definition) is 7. The van der Waals surface area contributed by atoms with Crippen LogP contribution < -0.4 is 9.47 Å². The number of ether oxygens (including phenoxy) is 2. The topological polar surface area (TPSA) is 89.5 Å². The van der Waals surface area contributed by atoms with Gasteiger partial charge in [0, 0.05) is 11.1 Å². The lowest BCUT2D eigenvalue weighted by Gasteiger charge is -2.14. The molecule has 40 heavy (non-hydrogen) atoms. The molecule has 0 fully saturated rings. The van der Waals surface area contributed by atoms with E-state index in [9.17, 15) is 41.2 Å². The molecule has 0 bridgehead atoms. The lowest BCUT2D eigenvalue weighted by atomic mass is 10.0. The lowest BCUT2D eigenvalue weighted by Crippen LogP contribution is -2.15. The van der Waals surface area contributed by atoms with E-state index in [1.54, 1.807) is 0 Å². The van der Waals surface area contributed by atoms with Crippen LogP contribution in [0.2, 0.25) is 0 Å². The number of rotatable bonds is 7. The second-order valence-corrected chi connectivity index (χ2v) is 9.03. The third-order valence-corrected chi connectivity index (χ3v) is 6.26. The van der Waals surface area contributed by atoms with E-state index >= 15 is 0 Å². The summed E-state index contributed by atoms with van der Waals surface area (Å²) in [6, 6.07) is 10.9. The Labute approximate surface area is 226 Å². The average molecular weight is 579 g/mol. The second-order valence-electron chi connectivity index (χ2n) is 8.12. The molecule has 2 aromatic carbocycles. The second kappa shape index (κ2) is 11.3. The molecule has 0 radical (unpaired) electrons. The molecule has 0 amide bonds. The zero-order valence-corrected chi connectivity index (χ0v) is 20.7. The maximum atomic E-state index is 13.3. The third kappa shape index (κ3) is 6.52. The average Bonchev–Trinajstić information content (AvgIpc) is 3.59. The Kier molecular flexibility index (Phi) is 8.01. The maximum absolute atomic E-state index is 13.3. The van der Waals surface area contributed by atoms with Crippen LogP contribution in [0.5, 0.6) is 11.5 Å². The van der Waals surface area contributed by atoms with Gasteiger partial charge in [0.1, 0.15) is 28.2 Å². The van der Waals surface area contributed by atoms with Gasteiger partial charge in [0.15, 0.2) is 0 Å². The normalized spacial score (nSPS) is 11.6. The monoisotopic (exact) mass is 579 g/mol. The molecule has 0 saturated carbocycles. The fourth-order valence-electron chi connectivity index (χ4n) is 3.58. The third-order valence-electron chi connectivity index (χ3n) is 5.44. The Hall–Kier alpha value is -4.57. The molecule has 0 spiro atoms. The van der Waals surface area contributed by atoms with E-state index < -0.39 is 48.3 Å². The maximum Gasteiger partial charge on any atom is 0.416 e. The number of thiophene rings is 1. The van der Waals surface area contributed by atoms with Gasteiger partial charge in [0.25, 0.3) is 0 Å². The Morgan fingerprint density at radius 2 is 1.35 bits per heavy atom. The first-order valence-corrected chi connectivity index (χ1v) is 12.1. The van der Waals surface area contributed by atoms with Gasteiger partial charge in [0.05, 0.1) is 35.8 Å². The first kappa shape index (κ1) is 28.4. The molecule has 0 unspecified atom stereocenters. The van der Waals surface area contributed by atoms with Crippen molar-refractivity contribution in [1.29, 1.82) is 5.26 Å². The van der Waals surface area contributed by atoms with Gasteiger partial charge in [-0.1, -0.05) is 0 Å². The highest BCUT2D eigenvalue weighted by Gasteiger charge is 2.33. The Morgan fingerprint density at radius 1 is 0.800 bits per heavy atom. The van der Waals surface area contributed by atoms with Crippen molar-refractivity contribution in [2.24, 2.45) is 0 Å². The Morgan fingerprint density at radius 3 is 1.85 bits per heavy atom. The highest BCUT2D eigenvalue weighted by Crippen LogP contribution is 2.40. The first-order valence-electron chi connectivity index (χ1n) is 11.2. The van der Waals surface area contributed by atoms with Crippen molar-refractivity contribution in [2.75, 3.05) is 0 Å². The number of esters is 2. The van der Waals surface area contributed by atoms with Gasteiger partial charge < -0.3 is 13.9 Å². The molecule has 4 aromatic rings. The van der Waals surface area contributed by atoms with Gasteiger partial charge in [-0.2, -0.15) is 31.6 Å². The van der Waals surface area contributed by atoms with E-state index in [0.717, 1.165) is 41.7 Å². The summed E-state index contributed by atoms with van der Waals surface area (Å²) in [4.78, 5) is 25.0. The number of carbonyl (C=O) groups is 2. The van der Waals surface area contributed by atoms with Crippen molar-refractivity contribution in [3.63, 3.8) is 0 Å². The molecular weight excluding hydrogens is 564 g/mol. The predicted molar refractivity (Wildman–Crippen MR) is 129 cm³/mol. The smallest absolute Gasteiger partial charge is 0.416 e. The zero-order valence-electron chi connectivity index (χ0n) is 19.9. The molecule has 2 aromatic heterocycles. The molecule has 4 rings (SSSR count). The van der Waals surface area contributed by atoms with Gasteiger partial charge >= 0.3 is 24.3 Å². The molecule has 6 nitrogen and oxygen atoms in total. The molecule has 13 heteroatoms. The van der Waals surface area contributed by atoms with Crippen molar-refractivity contribution in [3.05, 3.63) is 82.2 Å². The van der Waals surface area contributed by atoms with E-state index in [1.165, 1.54) is 29.8 Å². The standard InChI is InChI=1S/C27H15F6NO5S/c28-26(29,30)15-3-5-21(18(12-15)17-9-11-40-23(17)14-34)38-24(35)7-8-25(36)39-22-6-4-16(27(31,32)33)13-19(22)20-2-1-10-37-20/h1-6,9-13H,7-8H2. The molecule has 0 saturated heterocycles. The van der Waals surface area contributed by atoms with Gasteiger partial charge in [-0.15, -0.1) is 11.3 Å². The van der Waals surface area contributed by atoms with Crippen molar-refractivity contribution in [3.8, 4) is 40.0 Å². The van der Waals surface area contributed by atoms with E-state index in [-0.39, 0.29) is 38.8 Å². The zero-order chi connectivity index (χ0) is 29.1. The SMILES string of the molecule is N#Cc1sccc1-c1cc(C(F)(F)F)ccc1OC(=O)CCC(=O)Oc1ccc(C(F)(F)F)cc1-c1ccco1. The summed E-state index contributed by atoms with van der Waals surface area (Å²) in [7, 11) is 0. The van der Waals surface area contributed by atoms with Crippen molar-refractivity contribution >= 4 is 23.3 Å². The number of halogens is 6. The van der Waals surface area contributed by atoms with Gasteiger partial charge in [-0.25, -0.2) is 0 Å². The van der Waals surface area contributed by atoms with E-state index in [1.807, 2.05) is 6.07 Å². The van der Waals surface area contributed by atoms with E-state index in [4.69, 9.17) is 13.9 Å². The van der Waals surface area contributed by atoms with Gasteiger partial charge in [0.2, 0.25) is 0 Å². The number of carbonyl (C=O) groups excluding carboxylic acids is 2. The van der Waals surface area contributed by atoms with Crippen LogP contribution >= 0.6 is 11.3 Å². The molecule has 0 N–H and O–H groups in total. The van der Waals surface area contributed by atoms with Crippen LogP contribution in [-0.2, 0) is 21.9 Å².